The van der Waals surface area contributed by atoms with E-state index in [1.165, 1.54) is 0 Å². The largest absolute Gasteiger partial charge is 0.151 e. The zero-order chi connectivity index (χ0) is 13.8. The molecule has 0 unspecified atom stereocenters. The molecule has 20 heavy (non-hydrogen) atoms. The van der Waals surface area contributed by atoms with Gasteiger partial charge in [0.1, 0.15) is 0 Å². The molecule has 0 fully saturated rings. The van der Waals surface area contributed by atoms with Crippen LogP contribution in [0.5, 0.6) is 0 Å². The molecule has 2 nitrogen and oxygen atoms in total. The number of benzene rings is 2. The number of rotatable bonds is 3. The zero-order valence-electron chi connectivity index (χ0n) is 10.8. The van der Waals surface area contributed by atoms with E-state index in [2.05, 4.69) is 22.4 Å². The Labute approximate surface area is 123 Å². The Balaban J connectivity index is 1.88. The van der Waals surface area contributed by atoms with E-state index in [0.717, 1.165) is 22.0 Å². The van der Waals surface area contributed by atoms with Crippen LogP contribution in [0.4, 0.5) is 11.4 Å². The Bertz CT molecular complexity index is 675. The number of hydrogen-bond donors (Lipinski definition) is 0. The molecule has 0 radical (unpaired) electrons. The summed E-state index contributed by atoms with van der Waals surface area (Å²) >= 11 is 6.25. The van der Waals surface area contributed by atoms with E-state index in [1.54, 1.807) is 0 Å². The Hall–Kier alpha value is -2.19. The molecule has 2 aromatic carbocycles. The number of nitrogens with zero attached hydrogens (tertiary/aromatic N) is 2. The van der Waals surface area contributed by atoms with Crippen molar-refractivity contribution in [2.45, 2.75) is 5.92 Å². The molecule has 1 aliphatic carbocycles. The molecule has 0 atom stereocenters. The van der Waals surface area contributed by atoms with E-state index in [1.807, 2.05) is 60.7 Å². The van der Waals surface area contributed by atoms with Gasteiger partial charge in [-0.25, -0.2) is 0 Å². The molecular weight excluding hydrogens is 268 g/mol. The lowest BCUT2D eigenvalue weighted by Crippen LogP contribution is -1.89. The van der Waals surface area contributed by atoms with E-state index >= 15 is 0 Å². The first-order valence-corrected chi connectivity index (χ1v) is 6.82. The Morgan fingerprint density at radius 3 is 2.25 bits per heavy atom. The highest BCUT2D eigenvalue weighted by Gasteiger charge is 2.11. The molecule has 0 heterocycles. The Morgan fingerprint density at radius 2 is 1.50 bits per heavy atom. The molecule has 0 saturated heterocycles. The van der Waals surface area contributed by atoms with Gasteiger partial charge >= 0.3 is 0 Å². The quantitative estimate of drug-likeness (QED) is 0.619. The average Bonchev–Trinajstić information content (AvgIpc) is 3.01. The molecule has 3 heteroatoms. The third-order valence-electron chi connectivity index (χ3n) is 3.12. The second kappa shape index (κ2) is 5.85. The highest BCUT2D eigenvalue weighted by atomic mass is 35.5. The van der Waals surface area contributed by atoms with Crippen molar-refractivity contribution >= 4 is 23.0 Å². The highest BCUT2D eigenvalue weighted by Crippen LogP contribution is 2.32. The van der Waals surface area contributed by atoms with Crippen molar-refractivity contribution in [3.63, 3.8) is 0 Å². The van der Waals surface area contributed by atoms with Gasteiger partial charge in [-0.2, -0.15) is 10.2 Å². The average molecular weight is 281 g/mol. The van der Waals surface area contributed by atoms with Crippen LogP contribution in [0.1, 0.15) is 11.5 Å². The minimum Gasteiger partial charge on any atom is -0.151 e. The summed E-state index contributed by atoms with van der Waals surface area (Å²) in [6.45, 7) is 0. The zero-order valence-corrected chi connectivity index (χ0v) is 11.5. The van der Waals surface area contributed by atoms with Crippen molar-refractivity contribution in [1.82, 2.24) is 0 Å². The molecule has 1 aliphatic rings. The maximum Gasteiger partial charge on any atom is 0.0861 e. The van der Waals surface area contributed by atoms with Crippen LogP contribution in [0.15, 0.2) is 83.1 Å². The molecule has 0 spiro atoms. The Kier molecular flexibility index (Phi) is 3.75. The standard InChI is InChI=1S/C17H13ClN2/c18-17-11-10-15(12-16(17)13-6-4-5-7-13)20-19-14-8-2-1-3-9-14/h1-13H. The van der Waals surface area contributed by atoms with Crippen LogP contribution in [-0.2, 0) is 0 Å². The summed E-state index contributed by atoms with van der Waals surface area (Å²) in [6, 6.07) is 15.4. The van der Waals surface area contributed by atoms with Crippen molar-refractivity contribution in [2.75, 3.05) is 0 Å². The van der Waals surface area contributed by atoms with Crippen molar-refractivity contribution in [3.05, 3.63) is 83.4 Å². The van der Waals surface area contributed by atoms with Crippen LogP contribution in [0, 0.1) is 0 Å². The van der Waals surface area contributed by atoms with E-state index in [9.17, 15) is 0 Å². The normalized spacial score (nSPS) is 14.4. The van der Waals surface area contributed by atoms with Gasteiger partial charge in [-0.05, 0) is 35.9 Å². The smallest absolute Gasteiger partial charge is 0.0861 e. The first-order valence-electron chi connectivity index (χ1n) is 6.44. The van der Waals surface area contributed by atoms with E-state index in [-0.39, 0.29) is 5.92 Å². The molecular formula is C17H13ClN2. The lowest BCUT2D eigenvalue weighted by Gasteiger charge is -2.08. The van der Waals surface area contributed by atoms with Gasteiger partial charge in [-0.1, -0.05) is 54.1 Å². The number of halogens is 1. The van der Waals surface area contributed by atoms with Gasteiger partial charge in [0.25, 0.3) is 0 Å². The summed E-state index contributed by atoms with van der Waals surface area (Å²) in [6.07, 6.45) is 8.27. The van der Waals surface area contributed by atoms with Crippen LogP contribution in [0.25, 0.3) is 0 Å². The molecule has 98 valence electrons. The van der Waals surface area contributed by atoms with E-state index in [0.29, 0.717) is 0 Å². The van der Waals surface area contributed by atoms with Gasteiger partial charge in [0.15, 0.2) is 0 Å². The monoisotopic (exact) mass is 280 g/mol. The van der Waals surface area contributed by atoms with Crippen molar-refractivity contribution in [2.24, 2.45) is 10.2 Å². The second-order valence-corrected chi connectivity index (χ2v) is 4.94. The van der Waals surface area contributed by atoms with E-state index in [4.69, 9.17) is 11.6 Å². The maximum atomic E-state index is 6.25. The first kappa shape index (κ1) is 12.8. The van der Waals surface area contributed by atoms with Crippen molar-refractivity contribution in [3.8, 4) is 0 Å². The van der Waals surface area contributed by atoms with Gasteiger partial charge < -0.3 is 0 Å². The lowest BCUT2D eigenvalue weighted by molar-refractivity contribution is 1.10. The summed E-state index contributed by atoms with van der Waals surface area (Å²) < 4.78 is 0. The minimum absolute atomic E-state index is 0.231. The van der Waals surface area contributed by atoms with Crippen molar-refractivity contribution in [1.29, 1.82) is 0 Å². The fraction of sp³-hybridized carbons (Fsp3) is 0.0588. The lowest BCUT2D eigenvalue weighted by atomic mass is 10.0. The molecule has 3 rings (SSSR count). The van der Waals surface area contributed by atoms with Crippen LogP contribution in [0.3, 0.4) is 0 Å². The van der Waals surface area contributed by atoms with Gasteiger partial charge in [-0.15, -0.1) is 0 Å². The summed E-state index contributed by atoms with van der Waals surface area (Å²) in [5.74, 6) is 0.231. The number of hydrogen-bond acceptors (Lipinski definition) is 2. The number of allylic oxidation sites excluding steroid dienone is 4. The molecule has 0 aromatic heterocycles. The molecule has 0 N–H and O–H groups in total. The van der Waals surface area contributed by atoms with Crippen LogP contribution in [0.2, 0.25) is 5.02 Å². The summed E-state index contributed by atoms with van der Waals surface area (Å²) in [5.41, 5.74) is 2.70. The first-order chi connectivity index (χ1) is 9.83. The predicted molar refractivity (Wildman–Crippen MR) is 83.1 cm³/mol. The molecule has 0 saturated carbocycles. The molecule has 2 aromatic rings. The third kappa shape index (κ3) is 2.86. The van der Waals surface area contributed by atoms with Gasteiger partial charge in [0.2, 0.25) is 0 Å². The Morgan fingerprint density at radius 1 is 0.800 bits per heavy atom. The van der Waals surface area contributed by atoms with Crippen LogP contribution >= 0.6 is 11.6 Å². The summed E-state index contributed by atoms with van der Waals surface area (Å²) in [7, 11) is 0. The van der Waals surface area contributed by atoms with E-state index < -0.39 is 0 Å². The molecule has 0 aliphatic heterocycles. The molecule has 0 bridgehead atoms. The van der Waals surface area contributed by atoms with Gasteiger partial charge in [-0.3, -0.25) is 0 Å². The minimum atomic E-state index is 0.231. The van der Waals surface area contributed by atoms with Gasteiger partial charge in [0, 0.05) is 10.9 Å². The third-order valence-corrected chi connectivity index (χ3v) is 3.47. The SMILES string of the molecule is Clc1ccc(N=Nc2ccccc2)cc1C1C=CC=C1. The fourth-order valence-electron chi connectivity index (χ4n) is 2.10. The fourth-order valence-corrected chi connectivity index (χ4v) is 2.34. The molecule has 0 amide bonds. The second-order valence-electron chi connectivity index (χ2n) is 4.54. The summed E-state index contributed by atoms with van der Waals surface area (Å²) in [5, 5.41) is 9.24. The highest BCUT2D eigenvalue weighted by molar-refractivity contribution is 6.31. The van der Waals surface area contributed by atoms with Gasteiger partial charge in [0.05, 0.1) is 11.4 Å². The van der Waals surface area contributed by atoms with Crippen molar-refractivity contribution < 1.29 is 0 Å². The predicted octanol–water partition coefficient (Wildman–Crippen LogP) is 5.97. The summed E-state index contributed by atoms with van der Waals surface area (Å²) in [4.78, 5) is 0. The van der Waals surface area contributed by atoms with Crippen LogP contribution in [-0.4, -0.2) is 0 Å². The van der Waals surface area contributed by atoms with Crippen LogP contribution < -0.4 is 0 Å². The number of azo groups is 1. The topological polar surface area (TPSA) is 24.7 Å². The maximum absolute atomic E-state index is 6.25.